The molecule has 1 aromatic carbocycles. The van der Waals surface area contributed by atoms with Crippen molar-refractivity contribution < 1.29 is 19.1 Å². The molecule has 162 valence electrons. The van der Waals surface area contributed by atoms with Gasteiger partial charge in [0.15, 0.2) is 15.8 Å². The summed E-state index contributed by atoms with van der Waals surface area (Å²) in [4.78, 5) is 29.0. The molecule has 3 N–H and O–H groups in total. The number of carbonyl (C=O) groups is 2. The molecular formula is C21H27N3O4S2. The van der Waals surface area contributed by atoms with Gasteiger partial charge in [-0.15, -0.1) is 11.3 Å². The van der Waals surface area contributed by atoms with Crippen molar-refractivity contribution in [3.8, 4) is 11.5 Å². The second-order valence-corrected chi connectivity index (χ2v) is 9.77. The number of aromatic nitrogens is 1. The van der Waals surface area contributed by atoms with Crippen LogP contribution in [-0.4, -0.2) is 35.8 Å². The smallest absolute Gasteiger partial charge is 0.230 e. The molecule has 0 fully saturated rings. The van der Waals surface area contributed by atoms with Crippen molar-refractivity contribution in [2.75, 3.05) is 19.0 Å². The SMILES string of the molecule is Cc1nc(SCC(=O)NC(c2ccc3c(c2)OCCCO3)C(C)C)sc1CC(N)=O. The summed E-state index contributed by atoms with van der Waals surface area (Å²) in [5.74, 6) is 1.46. The molecule has 1 aliphatic heterocycles. The van der Waals surface area contributed by atoms with E-state index in [0.29, 0.717) is 13.2 Å². The molecule has 0 radical (unpaired) electrons. The van der Waals surface area contributed by atoms with Crippen LogP contribution in [0.5, 0.6) is 11.5 Å². The second-order valence-electron chi connectivity index (χ2n) is 7.47. The molecule has 2 heterocycles. The van der Waals surface area contributed by atoms with Crippen LogP contribution in [0.15, 0.2) is 22.5 Å². The van der Waals surface area contributed by atoms with Crippen LogP contribution >= 0.6 is 23.1 Å². The third kappa shape index (κ3) is 5.89. The van der Waals surface area contributed by atoms with E-state index < -0.39 is 0 Å². The molecule has 0 saturated heterocycles. The van der Waals surface area contributed by atoms with Gasteiger partial charge in [0.2, 0.25) is 11.8 Å². The Morgan fingerprint density at radius 1 is 1.27 bits per heavy atom. The van der Waals surface area contributed by atoms with E-state index in [1.165, 1.54) is 23.1 Å². The average Bonchev–Trinajstić information content (AvgIpc) is 2.89. The molecule has 0 bridgehead atoms. The lowest BCUT2D eigenvalue weighted by molar-refractivity contribution is -0.119. The van der Waals surface area contributed by atoms with Crippen LogP contribution in [0.2, 0.25) is 0 Å². The molecule has 1 aliphatic rings. The normalized spacial score (nSPS) is 14.3. The fraction of sp³-hybridized carbons (Fsp3) is 0.476. The minimum Gasteiger partial charge on any atom is -0.490 e. The fourth-order valence-corrected chi connectivity index (χ4v) is 5.19. The lowest BCUT2D eigenvalue weighted by atomic mass is 9.95. The van der Waals surface area contributed by atoms with Gasteiger partial charge in [0.05, 0.1) is 37.1 Å². The first-order valence-corrected chi connectivity index (χ1v) is 11.7. The molecule has 7 nitrogen and oxygen atoms in total. The number of aryl methyl sites for hydroxylation is 1. The van der Waals surface area contributed by atoms with E-state index in [0.717, 1.165) is 38.4 Å². The average molecular weight is 450 g/mol. The Balaban J connectivity index is 1.63. The Bertz CT molecular complexity index is 914. The van der Waals surface area contributed by atoms with Gasteiger partial charge in [-0.2, -0.15) is 0 Å². The molecule has 2 aromatic rings. The first-order chi connectivity index (χ1) is 14.3. The summed E-state index contributed by atoms with van der Waals surface area (Å²) < 4.78 is 12.2. The number of thiazole rings is 1. The van der Waals surface area contributed by atoms with Crippen molar-refractivity contribution in [3.05, 3.63) is 34.3 Å². The molecule has 9 heteroatoms. The van der Waals surface area contributed by atoms with Crippen LogP contribution in [-0.2, 0) is 16.0 Å². The van der Waals surface area contributed by atoms with E-state index in [1.807, 2.05) is 25.1 Å². The standard InChI is InChI=1S/C21H27N3O4S2/c1-12(2)20(14-5-6-15-16(9-14)28-8-4-7-27-15)24-19(26)11-29-21-23-13(3)17(30-21)10-18(22)25/h5-6,9,12,20H,4,7-8,10-11H2,1-3H3,(H2,22,25)(H,24,26). The number of nitrogens with zero attached hydrogens (tertiary/aromatic N) is 1. The Morgan fingerprint density at radius 3 is 2.70 bits per heavy atom. The summed E-state index contributed by atoms with van der Waals surface area (Å²) in [5.41, 5.74) is 7.04. The summed E-state index contributed by atoms with van der Waals surface area (Å²) in [6.45, 7) is 7.25. The summed E-state index contributed by atoms with van der Waals surface area (Å²) in [6.07, 6.45) is 1.03. The molecule has 1 aromatic heterocycles. The minimum absolute atomic E-state index is 0.0740. The number of hydrogen-bond donors (Lipinski definition) is 2. The number of nitrogens with two attached hydrogens (primary N) is 1. The second kappa shape index (κ2) is 10.2. The molecule has 2 amide bonds. The maximum Gasteiger partial charge on any atom is 0.230 e. The summed E-state index contributed by atoms with van der Waals surface area (Å²) in [6, 6.07) is 5.70. The number of nitrogens with one attached hydrogen (secondary N) is 1. The highest BCUT2D eigenvalue weighted by atomic mass is 32.2. The monoisotopic (exact) mass is 449 g/mol. The zero-order valence-electron chi connectivity index (χ0n) is 17.4. The van der Waals surface area contributed by atoms with E-state index in [4.69, 9.17) is 15.2 Å². The van der Waals surface area contributed by atoms with Crippen molar-refractivity contribution in [2.24, 2.45) is 11.7 Å². The lowest BCUT2D eigenvalue weighted by Gasteiger charge is -2.23. The first-order valence-electron chi connectivity index (χ1n) is 9.89. The van der Waals surface area contributed by atoms with Gasteiger partial charge in [-0.05, 0) is 30.5 Å². The number of amides is 2. The summed E-state index contributed by atoms with van der Waals surface area (Å²) >= 11 is 2.77. The fourth-order valence-electron chi connectivity index (χ4n) is 3.14. The van der Waals surface area contributed by atoms with Crippen LogP contribution in [0.1, 0.15) is 42.4 Å². The van der Waals surface area contributed by atoms with Crippen LogP contribution in [0.4, 0.5) is 0 Å². The highest BCUT2D eigenvalue weighted by molar-refractivity contribution is 8.01. The van der Waals surface area contributed by atoms with Gasteiger partial charge < -0.3 is 20.5 Å². The lowest BCUT2D eigenvalue weighted by Crippen LogP contribution is -2.33. The highest BCUT2D eigenvalue weighted by Gasteiger charge is 2.21. The van der Waals surface area contributed by atoms with Crippen LogP contribution < -0.4 is 20.5 Å². The van der Waals surface area contributed by atoms with Gasteiger partial charge in [-0.1, -0.05) is 31.7 Å². The van der Waals surface area contributed by atoms with Crippen LogP contribution in [0, 0.1) is 12.8 Å². The van der Waals surface area contributed by atoms with Gasteiger partial charge in [-0.3, -0.25) is 9.59 Å². The molecule has 30 heavy (non-hydrogen) atoms. The molecule has 0 aliphatic carbocycles. The zero-order valence-corrected chi connectivity index (χ0v) is 19.0. The van der Waals surface area contributed by atoms with E-state index in [9.17, 15) is 9.59 Å². The molecule has 0 saturated carbocycles. The first kappa shape index (κ1) is 22.4. The van der Waals surface area contributed by atoms with E-state index in [-0.39, 0.29) is 35.9 Å². The number of fused-ring (bicyclic) bond motifs is 1. The van der Waals surface area contributed by atoms with Gasteiger partial charge >= 0.3 is 0 Å². The largest absolute Gasteiger partial charge is 0.490 e. The Morgan fingerprint density at radius 2 is 2.00 bits per heavy atom. The van der Waals surface area contributed by atoms with Gasteiger partial charge in [0.25, 0.3) is 0 Å². The Kier molecular flexibility index (Phi) is 7.60. The van der Waals surface area contributed by atoms with Gasteiger partial charge in [0, 0.05) is 11.3 Å². The van der Waals surface area contributed by atoms with E-state index in [2.05, 4.69) is 24.1 Å². The van der Waals surface area contributed by atoms with Crippen LogP contribution in [0.3, 0.4) is 0 Å². The Labute approximate surface area is 184 Å². The van der Waals surface area contributed by atoms with Crippen molar-refractivity contribution in [1.29, 1.82) is 0 Å². The van der Waals surface area contributed by atoms with E-state index >= 15 is 0 Å². The number of rotatable bonds is 8. The van der Waals surface area contributed by atoms with Gasteiger partial charge in [0.1, 0.15) is 0 Å². The van der Waals surface area contributed by atoms with Crippen molar-refractivity contribution in [3.63, 3.8) is 0 Å². The highest BCUT2D eigenvalue weighted by Crippen LogP contribution is 2.34. The summed E-state index contributed by atoms with van der Waals surface area (Å²) in [5, 5.41) is 3.13. The predicted molar refractivity (Wildman–Crippen MR) is 118 cm³/mol. The zero-order chi connectivity index (χ0) is 21.7. The molecule has 0 spiro atoms. The topological polar surface area (TPSA) is 104 Å². The van der Waals surface area contributed by atoms with Crippen LogP contribution in [0.25, 0.3) is 0 Å². The number of carbonyl (C=O) groups excluding carboxylic acids is 2. The van der Waals surface area contributed by atoms with Gasteiger partial charge in [-0.25, -0.2) is 4.98 Å². The van der Waals surface area contributed by atoms with Crippen molar-refractivity contribution in [1.82, 2.24) is 10.3 Å². The number of primary amides is 1. The number of benzene rings is 1. The maximum absolute atomic E-state index is 12.6. The minimum atomic E-state index is -0.383. The van der Waals surface area contributed by atoms with Crippen molar-refractivity contribution in [2.45, 2.75) is 44.0 Å². The third-order valence-corrected chi connectivity index (χ3v) is 6.95. The summed E-state index contributed by atoms with van der Waals surface area (Å²) in [7, 11) is 0. The number of thioether (sulfide) groups is 1. The number of hydrogen-bond acceptors (Lipinski definition) is 7. The molecular weight excluding hydrogens is 422 g/mol. The predicted octanol–water partition coefficient (Wildman–Crippen LogP) is 3.25. The quantitative estimate of drug-likeness (QED) is 0.600. The molecule has 1 unspecified atom stereocenters. The molecule has 1 atom stereocenters. The Hall–Kier alpha value is -2.26. The maximum atomic E-state index is 12.6. The molecule has 3 rings (SSSR count). The number of ether oxygens (including phenoxy) is 2. The third-order valence-electron chi connectivity index (χ3n) is 4.65. The van der Waals surface area contributed by atoms with Crippen molar-refractivity contribution >= 4 is 34.9 Å². The van der Waals surface area contributed by atoms with E-state index in [1.54, 1.807) is 0 Å².